The highest BCUT2D eigenvalue weighted by Crippen LogP contribution is 2.30. The number of nitrogens with one attached hydrogen (secondary N) is 1. The van der Waals surface area contributed by atoms with Crippen LogP contribution in [0.15, 0.2) is 23.3 Å². The molecule has 8 nitrogen and oxygen atoms in total. The molecule has 1 amide bonds. The van der Waals surface area contributed by atoms with Gasteiger partial charge in [0.1, 0.15) is 5.69 Å². The van der Waals surface area contributed by atoms with E-state index < -0.39 is 0 Å². The fraction of sp³-hybridized carbons (Fsp3) is 0.429. The van der Waals surface area contributed by atoms with Crippen LogP contribution in [0, 0.1) is 10.1 Å². The van der Waals surface area contributed by atoms with Crippen LogP contribution in [0.1, 0.15) is 18.4 Å². The SMILES string of the molecule is O=C1CCC(c2ccc(N3CCOCC3)c([N+](=O)[O-])c2)=NN1. The van der Waals surface area contributed by atoms with Gasteiger partial charge in [-0.15, -0.1) is 0 Å². The minimum atomic E-state index is -0.379. The third-order valence-electron chi connectivity index (χ3n) is 3.76. The molecular weight excluding hydrogens is 288 g/mol. The van der Waals surface area contributed by atoms with Crippen molar-refractivity contribution in [1.82, 2.24) is 5.43 Å². The number of carbonyl (C=O) groups is 1. The maximum atomic E-state index is 11.4. The molecule has 2 heterocycles. The summed E-state index contributed by atoms with van der Waals surface area (Å²) in [6.45, 7) is 2.41. The summed E-state index contributed by atoms with van der Waals surface area (Å²) in [5.74, 6) is -0.136. The van der Waals surface area contributed by atoms with Crippen LogP contribution in [0.2, 0.25) is 0 Å². The van der Waals surface area contributed by atoms with Crippen molar-refractivity contribution >= 4 is 23.0 Å². The van der Waals surface area contributed by atoms with Crippen LogP contribution in [0.3, 0.4) is 0 Å². The van der Waals surface area contributed by atoms with Gasteiger partial charge in [-0.2, -0.15) is 5.10 Å². The molecule has 0 aliphatic carbocycles. The second-order valence-electron chi connectivity index (χ2n) is 5.15. The monoisotopic (exact) mass is 304 g/mol. The number of morpholine rings is 1. The molecule has 0 aromatic heterocycles. The summed E-state index contributed by atoms with van der Waals surface area (Å²) in [5.41, 5.74) is 4.39. The third-order valence-corrected chi connectivity index (χ3v) is 3.76. The zero-order chi connectivity index (χ0) is 15.5. The lowest BCUT2D eigenvalue weighted by atomic mass is 10.0. The van der Waals surface area contributed by atoms with E-state index in [1.165, 1.54) is 6.07 Å². The summed E-state index contributed by atoms with van der Waals surface area (Å²) in [6, 6.07) is 5.09. The summed E-state index contributed by atoms with van der Waals surface area (Å²) < 4.78 is 5.28. The number of rotatable bonds is 3. The highest BCUT2D eigenvalue weighted by atomic mass is 16.6. The minimum absolute atomic E-state index is 0.0546. The molecule has 3 rings (SSSR count). The normalized spacial score (nSPS) is 18.6. The molecule has 2 aliphatic heterocycles. The fourth-order valence-corrected chi connectivity index (χ4v) is 2.60. The van der Waals surface area contributed by atoms with Gasteiger partial charge in [-0.05, 0) is 6.07 Å². The van der Waals surface area contributed by atoms with Gasteiger partial charge in [0.15, 0.2) is 0 Å². The molecule has 0 saturated carbocycles. The first-order valence-corrected chi connectivity index (χ1v) is 7.12. The predicted octanol–water partition coefficient (Wildman–Crippen LogP) is 1.05. The van der Waals surface area contributed by atoms with E-state index in [1.807, 2.05) is 11.0 Å². The van der Waals surface area contributed by atoms with Crippen molar-refractivity contribution in [3.05, 3.63) is 33.9 Å². The Morgan fingerprint density at radius 1 is 1.27 bits per heavy atom. The maximum absolute atomic E-state index is 11.4. The molecule has 1 aromatic carbocycles. The summed E-state index contributed by atoms with van der Waals surface area (Å²) in [5, 5.41) is 15.4. The van der Waals surface area contributed by atoms with E-state index in [4.69, 9.17) is 4.74 Å². The number of hydrazone groups is 1. The van der Waals surface area contributed by atoms with Crippen molar-refractivity contribution in [3.8, 4) is 0 Å². The van der Waals surface area contributed by atoms with Crippen molar-refractivity contribution < 1.29 is 14.5 Å². The number of ether oxygens (including phenoxy) is 1. The Morgan fingerprint density at radius 3 is 2.68 bits per heavy atom. The quantitative estimate of drug-likeness (QED) is 0.665. The fourth-order valence-electron chi connectivity index (χ4n) is 2.60. The summed E-state index contributed by atoms with van der Waals surface area (Å²) >= 11 is 0. The van der Waals surface area contributed by atoms with Crippen LogP contribution in [-0.4, -0.2) is 42.8 Å². The van der Waals surface area contributed by atoms with Gasteiger partial charge in [0.05, 0.1) is 23.8 Å². The van der Waals surface area contributed by atoms with Gasteiger partial charge < -0.3 is 9.64 Å². The van der Waals surface area contributed by atoms with Crippen LogP contribution in [-0.2, 0) is 9.53 Å². The van der Waals surface area contributed by atoms with Crippen LogP contribution in [0.5, 0.6) is 0 Å². The first-order chi connectivity index (χ1) is 10.6. The number of amides is 1. The van der Waals surface area contributed by atoms with Crippen molar-refractivity contribution in [3.63, 3.8) is 0 Å². The smallest absolute Gasteiger partial charge is 0.293 e. The number of benzene rings is 1. The first kappa shape index (κ1) is 14.5. The molecule has 2 aliphatic rings. The lowest BCUT2D eigenvalue weighted by Crippen LogP contribution is -2.36. The van der Waals surface area contributed by atoms with Crippen LogP contribution in [0.25, 0.3) is 0 Å². The lowest BCUT2D eigenvalue weighted by molar-refractivity contribution is -0.384. The zero-order valence-electron chi connectivity index (χ0n) is 11.9. The summed E-state index contributed by atoms with van der Waals surface area (Å²) in [7, 11) is 0. The Labute approximate surface area is 126 Å². The standard InChI is InChI=1S/C14H16N4O4/c19-14-4-2-11(15-16-14)10-1-3-12(13(9-10)18(20)21)17-5-7-22-8-6-17/h1,3,9H,2,4-8H2,(H,16,19). The molecule has 0 spiro atoms. The van der Waals surface area contributed by atoms with E-state index in [9.17, 15) is 14.9 Å². The Balaban J connectivity index is 1.93. The Bertz CT molecular complexity index is 638. The van der Waals surface area contributed by atoms with E-state index in [-0.39, 0.29) is 16.5 Å². The topological polar surface area (TPSA) is 97.1 Å². The molecule has 1 fully saturated rings. The van der Waals surface area contributed by atoms with Gasteiger partial charge in [-0.25, -0.2) is 5.43 Å². The number of carbonyl (C=O) groups excluding carboxylic acids is 1. The van der Waals surface area contributed by atoms with Gasteiger partial charge in [-0.1, -0.05) is 6.07 Å². The lowest BCUT2D eigenvalue weighted by Gasteiger charge is -2.28. The molecule has 0 unspecified atom stereocenters. The van der Waals surface area contributed by atoms with Crippen molar-refractivity contribution in [2.45, 2.75) is 12.8 Å². The number of anilines is 1. The molecule has 116 valence electrons. The second-order valence-corrected chi connectivity index (χ2v) is 5.15. The molecule has 1 N–H and O–H groups in total. The Morgan fingerprint density at radius 2 is 2.05 bits per heavy atom. The highest BCUT2D eigenvalue weighted by molar-refractivity contribution is 6.05. The van der Waals surface area contributed by atoms with Crippen molar-refractivity contribution in [1.29, 1.82) is 0 Å². The van der Waals surface area contributed by atoms with Gasteiger partial charge in [0, 0.05) is 37.6 Å². The van der Waals surface area contributed by atoms with Gasteiger partial charge >= 0.3 is 0 Å². The second kappa shape index (κ2) is 6.10. The Kier molecular flexibility index (Phi) is 4.01. The number of nitro groups is 1. The minimum Gasteiger partial charge on any atom is -0.378 e. The van der Waals surface area contributed by atoms with Crippen LogP contribution < -0.4 is 10.3 Å². The van der Waals surface area contributed by atoms with E-state index in [0.29, 0.717) is 56.1 Å². The molecular formula is C14H16N4O4. The largest absolute Gasteiger partial charge is 0.378 e. The molecule has 8 heteroatoms. The third kappa shape index (κ3) is 2.91. The maximum Gasteiger partial charge on any atom is 0.293 e. The summed E-state index contributed by atoms with van der Waals surface area (Å²) in [6.07, 6.45) is 0.831. The zero-order valence-corrected chi connectivity index (χ0v) is 11.9. The molecule has 22 heavy (non-hydrogen) atoms. The van der Waals surface area contributed by atoms with Crippen molar-refractivity contribution in [2.75, 3.05) is 31.2 Å². The van der Waals surface area contributed by atoms with Gasteiger partial charge in [-0.3, -0.25) is 14.9 Å². The predicted molar refractivity (Wildman–Crippen MR) is 80.0 cm³/mol. The van der Waals surface area contributed by atoms with E-state index in [2.05, 4.69) is 10.5 Å². The summed E-state index contributed by atoms with van der Waals surface area (Å²) in [4.78, 5) is 24.1. The number of hydrogen-bond acceptors (Lipinski definition) is 6. The van der Waals surface area contributed by atoms with E-state index in [0.717, 1.165) is 0 Å². The average molecular weight is 304 g/mol. The van der Waals surface area contributed by atoms with Crippen LogP contribution in [0.4, 0.5) is 11.4 Å². The number of hydrogen-bond donors (Lipinski definition) is 1. The van der Waals surface area contributed by atoms with Gasteiger partial charge in [0.2, 0.25) is 5.91 Å². The molecule has 1 aromatic rings. The van der Waals surface area contributed by atoms with E-state index >= 15 is 0 Å². The van der Waals surface area contributed by atoms with Crippen molar-refractivity contribution in [2.24, 2.45) is 5.10 Å². The average Bonchev–Trinajstić information content (AvgIpc) is 2.56. The van der Waals surface area contributed by atoms with Gasteiger partial charge in [0.25, 0.3) is 5.69 Å². The Hall–Kier alpha value is -2.48. The first-order valence-electron chi connectivity index (χ1n) is 7.12. The molecule has 1 saturated heterocycles. The van der Waals surface area contributed by atoms with E-state index in [1.54, 1.807) is 6.07 Å². The van der Waals surface area contributed by atoms with Crippen LogP contribution >= 0.6 is 0 Å². The number of nitrogens with zero attached hydrogens (tertiary/aromatic N) is 3. The number of nitro benzene ring substituents is 1. The molecule has 0 radical (unpaired) electrons. The molecule has 0 bridgehead atoms. The highest BCUT2D eigenvalue weighted by Gasteiger charge is 2.23. The molecule has 0 atom stereocenters.